The largest absolute Gasteiger partial charge is 0.490 e. The Morgan fingerprint density at radius 3 is 2.79 bits per heavy atom. The van der Waals surface area contributed by atoms with E-state index in [-0.39, 0.29) is 35.6 Å². The number of benzene rings is 1. The number of imidazole rings is 1. The van der Waals surface area contributed by atoms with Gasteiger partial charge >= 0.3 is 12.2 Å². The summed E-state index contributed by atoms with van der Waals surface area (Å²) in [4.78, 5) is 10.1. The SMILES string of the molecule is CN1CCCC1COc1nc(O)c2ncc(Cc3ccccc3C(F)(F)F)n2n1. The van der Waals surface area contributed by atoms with Gasteiger partial charge in [0.15, 0.2) is 0 Å². The normalized spacial score (nSPS) is 17.9. The lowest BCUT2D eigenvalue weighted by atomic mass is 10.0. The van der Waals surface area contributed by atoms with E-state index in [0.29, 0.717) is 12.3 Å². The van der Waals surface area contributed by atoms with Crippen LogP contribution in [0.5, 0.6) is 11.9 Å². The fraction of sp³-hybridized carbons (Fsp3) is 0.421. The molecule has 10 heteroatoms. The van der Waals surface area contributed by atoms with Gasteiger partial charge in [0.2, 0.25) is 5.65 Å². The van der Waals surface area contributed by atoms with E-state index < -0.39 is 11.7 Å². The first kappa shape index (κ1) is 19.4. The Kier molecular flexibility index (Phi) is 5.03. The zero-order valence-corrected chi connectivity index (χ0v) is 15.7. The molecular formula is C19H20F3N5O2. The van der Waals surface area contributed by atoms with Crippen molar-refractivity contribution in [3.63, 3.8) is 0 Å². The summed E-state index contributed by atoms with van der Waals surface area (Å²) in [5, 5.41) is 14.4. The summed E-state index contributed by atoms with van der Waals surface area (Å²) in [6.45, 7) is 1.35. The third-order valence-electron chi connectivity index (χ3n) is 5.17. The summed E-state index contributed by atoms with van der Waals surface area (Å²) in [6.07, 6.45) is -1.06. The van der Waals surface area contributed by atoms with Gasteiger partial charge in [-0.15, -0.1) is 5.10 Å². The average molecular weight is 407 g/mol. The molecule has 1 saturated heterocycles. The second kappa shape index (κ2) is 7.51. The maximum Gasteiger partial charge on any atom is 0.416 e. The zero-order valence-electron chi connectivity index (χ0n) is 15.7. The average Bonchev–Trinajstić information content (AvgIpc) is 3.26. The van der Waals surface area contributed by atoms with Crippen LogP contribution in [0, 0.1) is 0 Å². The van der Waals surface area contributed by atoms with Gasteiger partial charge < -0.3 is 14.7 Å². The zero-order chi connectivity index (χ0) is 20.6. The molecule has 4 rings (SSSR count). The van der Waals surface area contributed by atoms with Crippen molar-refractivity contribution in [3.05, 3.63) is 47.3 Å². The maximum atomic E-state index is 13.3. The summed E-state index contributed by atoms with van der Waals surface area (Å²) in [7, 11) is 2.01. The molecule has 29 heavy (non-hydrogen) atoms. The first-order chi connectivity index (χ1) is 13.8. The summed E-state index contributed by atoms with van der Waals surface area (Å²) in [6, 6.07) is 5.54. The summed E-state index contributed by atoms with van der Waals surface area (Å²) in [5.41, 5.74) is -0.170. The Bertz CT molecular complexity index is 1020. The van der Waals surface area contributed by atoms with Crippen LogP contribution >= 0.6 is 0 Å². The Labute approximate surface area is 164 Å². The smallest absolute Gasteiger partial charge is 0.416 e. The molecule has 154 valence electrons. The minimum atomic E-state index is -4.46. The molecule has 0 bridgehead atoms. The third kappa shape index (κ3) is 3.98. The molecule has 2 aromatic heterocycles. The Balaban J connectivity index is 1.62. The number of nitrogens with zero attached hydrogens (tertiary/aromatic N) is 5. The van der Waals surface area contributed by atoms with Crippen molar-refractivity contribution in [2.45, 2.75) is 31.5 Å². The van der Waals surface area contributed by atoms with Gasteiger partial charge in [-0.25, -0.2) is 9.50 Å². The van der Waals surface area contributed by atoms with E-state index in [1.807, 2.05) is 7.05 Å². The Hall–Kier alpha value is -2.88. The number of ether oxygens (including phenoxy) is 1. The maximum absolute atomic E-state index is 13.3. The van der Waals surface area contributed by atoms with Crippen LogP contribution in [0.25, 0.3) is 5.65 Å². The van der Waals surface area contributed by atoms with E-state index in [1.165, 1.54) is 22.8 Å². The third-order valence-corrected chi connectivity index (χ3v) is 5.17. The molecule has 0 spiro atoms. The predicted octanol–water partition coefficient (Wildman–Crippen LogP) is 2.91. The van der Waals surface area contributed by atoms with Crippen molar-refractivity contribution >= 4 is 5.65 Å². The summed E-state index contributed by atoms with van der Waals surface area (Å²) >= 11 is 0. The number of halogens is 3. The van der Waals surface area contributed by atoms with Crippen LogP contribution in [0.3, 0.4) is 0 Å². The van der Waals surface area contributed by atoms with Crippen molar-refractivity contribution in [1.82, 2.24) is 24.5 Å². The fourth-order valence-corrected chi connectivity index (χ4v) is 3.58. The highest BCUT2D eigenvalue weighted by molar-refractivity contribution is 5.49. The van der Waals surface area contributed by atoms with Gasteiger partial charge in [-0.3, -0.25) is 0 Å². The van der Waals surface area contributed by atoms with Crippen LogP contribution in [0.4, 0.5) is 13.2 Å². The second-order valence-electron chi connectivity index (χ2n) is 7.12. The standard InChI is InChI=1S/C19H20F3N5O2/c1-26-8-4-6-13(26)11-29-18-24-17(28)16-23-10-14(27(16)25-18)9-12-5-2-3-7-15(12)19(20,21)22/h2-3,5,7,10,13H,4,6,8-9,11H2,1H3,(H,24,25,28). The molecule has 1 fully saturated rings. The molecule has 1 unspecified atom stereocenters. The monoisotopic (exact) mass is 407 g/mol. The molecule has 1 aliphatic heterocycles. The van der Waals surface area contributed by atoms with Gasteiger partial charge in [-0.2, -0.15) is 18.2 Å². The number of hydrogen-bond acceptors (Lipinski definition) is 6. The molecule has 0 radical (unpaired) electrons. The molecule has 7 nitrogen and oxygen atoms in total. The number of aromatic nitrogens is 4. The van der Waals surface area contributed by atoms with E-state index >= 15 is 0 Å². The van der Waals surface area contributed by atoms with Crippen molar-refractivity contribution in [2.24, 2.45) is 0 Å². The fourth-order valence-electron chi connectivity index (χ4n) is 3.58. The van der Waals surface area contributed by atoms with Gasteiger partial charge in [0.25, 0.3) is 5.88 Å². The van der Waals surface area contributed by atoms with Gasteiger partial charge in [0, 0.05) is 12.5 Å². The first-order valence-corrected chi connectivity index (χ1v) is 9.24. The van der Waals surface area contributed by atoms with Gasteiger partial charge in [0.05, 0.1) is 17.5 Å². The molecule has 1 aliphatic rings. The van der Waals surface area contributed by atoms with Crippen LogP contribution in [0.2, 0.25) is 0 Å². The predicted molar refractivity (Wildman–Crippen MR) is 97.8 cm³/mol. The number of fused-ring (bicyclic) bond motifs is 1. The topological polar surface area (TPSA) is 75.8 Å². The number of rotatable bonds is 5. The number of alkyl halides is 3. The molecule has 1 atom stereocenters. The lowest BCUT2D eigenvalue weighted by molar-refractivity contribution is -0.138. The first-order valence-electron chi connectivity index (χ1n) is 9.24. The molecule has 1 aromatic carbocycles. The molecule has 0 saturated carbocycles. The molecule has 0 aliphatic carbocycles. The van der Waals surface area contributed by atoms with Crippen LogP contribution in [-0.4, -0.2) is 55.8 Å². The summed E-state index contributed by atoms with van der Waals surface area (Å²) < 4.78 is 46.8. The molecular weight excluding hydrogens is 387 g/mol. The highest BCUT2D eigenvalue weighted by Gasteiger charge is 2.33. The van der Waals surface area contributed by atoms with Gasteiger partial charge in [-0.05, 0) is 38.1 Å². The van der Waals surface area contributed by atoms with Crippen LogP contribution in [0.1, 0.15) is 29.7 Å². The Morgan fingerprint density at radius 2 is 2.07 bits per heavy atom. The molecule has 3 aromatic rings. The number of likely N-dealkylation sites (N-methyl/N-ethyl adjacent to an activating group) is 1. The summed E-state index contributed by atoms with van der Waals surface area (Å²) in [5.74, 6) is -0.384. The quantitative estimate of drug-likeness (QED) is 0.701. The molecule has 0 amide bonds. The highest BCUT2D eigenvalue weighted by atomic mass is 19.4. The van der Waals surface area contributed by atoms with Crippen molar-refractivity contribution in [3.8, 4) is 11.9 Å². The molecule has 1 N–H and O–H groups in total. The number of aromatic hydroxyl groups is 1. The van der Waals surface area contributed by atoms with E-state index in [4.69, 9.17) is 4.74 Å². The molecule has 3 heterocycles. The Morgan fingerprint density at radius 1 is 1.28 bits per heavy atom. The van der Waals surface area contributed by atoms with Crippen LogP contribution in [-0.2, 0) is 12.6 Å². The van der Waals surface area contributed by atoms with Crippen molar-refractivity contribution in [2.75, 3.05) is 20.2 Å². The van der Waals surface area contributed by atoms with E-state index in [1.54, 1.807) is 6.07 Å². The van der Waals surface area contributed by atoms with Gasteiger partial charge in [0.1, 0.15) is 6.61 Å². The lowest BCUT2D eigenvalue weighted by Crippen LogP contribution is -2.31. The van der Waals surface area contributed by atoms with E-state index in [2.05, 4.69) is 20.0 Å². The van der Waals surface area contributed by atoms with E-state index in [9.17, 15) is 18.3 Å². The number of likely N-dealkylation sites (tertiary alicyclic amines) is 1. The van der Waals surface area contributed by atoms with Crippen molar-refractivity contribution < 1.29 is 23.0 Å². The highest BCUT2D eigenvalue weighted by Crippen LogP contribution is 2.33. The van der Waals surface area contributed by atoms with Crippen LogP contribution in [0.15, 0.2) is 30.5 Å². The second-order valence-corrected chi connectivity index (χ2v) is 7.12. The van der Waals surface area contributed by atoms with E-state index in [0.717, 1.165) is 25.5 Å². The number of hydrogen-bond donors (Lipinski definition) is 1. The van der Waals surface area contributed by atoms with Crippen molar-refractivity contribution in [1.29, 1.82) is 0 Å². The lowest BCUT2D eigenvalue weighted by Gasteiger charge is -2.18. The minimum Gasteiger partial charge on any atom is -0.490 e. The minimum absolute atomic E-state index is 0.0429. The van der Waals surface area contributed by atoms with Gasteiger partial charge in [-0.1, -0.05) is 18.2 Å². The van der Waals surface area contributed by atoms with Crippen LogP contribution < -0.4 is 4.74 Å².